The van der Waals surface area contributed by atoms with E-state index in [1.54, 1.807) is 0 Å². The number of thiazole rings is 1. The molecule has 1 aromatic heterocycles. The van der Waals surface area contributed by atoms with Gasteiger partial charge in [-0.05, 0) is 54.7 Å². The summed E-state index contributed by atoms with van der Waals surface area (Å²) in [7, 11) is 0. The maximum atomic E-state index is 12.4. The fourth-order valence-corrected chi connectivity index (χ4v) is 3.44. The van der Waals surface area contributed by atoms with E-state index in [1.165, 1.54) is 22.5 Å². The molecule has 0 saturated carbocycles. The van der Waals surface area contributed by atoms with Gasteiger partial charge in [0, 0.05) is 5.56 Å². The van der Waals surface area contributed by atoms with Crippen LogP contribution in [-0.4, -0.2) is 10.9 Å². The van der Waals surface area contributed by atoms with Crippen molar-refractivity contribution in [3.63, 3.8) is 0 Å². The van der Waals surface area contributed by atoms with Crippen LogP contribution in [0.15, 0.2) is 36.4 Å². The molecule has 0 bridgehead atoms. The molecule has 1 amide bonds. The molecule has 1 heterocycles. The SMILES string of the molecule is Cc1ccc(C(=O)Nc2nc3c(C(C)C)cccc3s2)cc1C. The highest BCUT2D eigenvalue weighted by Gasteiger charge is 2.13. The van der Waals surface area contributed by atoms with Crippen molar-refractivity contribution in [3.05, 3.63) is 58.7 Å². The van der Waals surface area contributed by atoms with E-state index >= 15 is 0 Å². The van der Waals surface area contributed by atoms with Crippen molar-refractivity contribution in [2.45, 2.75) is 33.6 Å². The molecule has 3 nitrogen and oxygen atoms in total. The smallest absolute Gasteiger partial charge is 0.257 e. The van der Waals surface area contributed by atoms with E-state index < -0.39 is 0 Å². The number of carbonyl (C=O) groups is 1. The van der Waals surface area contributed by atoms with Crippen LogP contribution >= 0.6 is 11.3 Å². The van der Waals surface area contributed by atoms with Crippen molar-refractivity contribution in [1.29, 1.82) is 0 Å². The molecule has 118 valence electrons. The van der Waals surface area contributed by atoms with Crippen LogP contribution in [0.5, 0.6) is 0 Å². The first-order valence-electron chi connectivity index (χ1n) is 7.74. The maximum absolute atomic E-state index is 12.4. The van der Waals surface area contributed by atoms with Crippen LogP contribution < -0.4 is 5.32 Å². The van der Waals surface area contributed by atoms with Crippen molar-refractivity contribution >= 4 is 32.6 Å². The van der Waals surface area contributed by atoms with Gasteiger partial charge in [0.25, 0.3) is 5.91 Å². The zero-order valence-corrected chi connectivity index (χ0v) is 14.6. The average Bonchev–Trinajstić information content (AvgIpc) is 2.91. The Kier molecular flexibility index (Phi) is 4.18. The third kappa shape index (κ3) is 3.13. The van der Waals surface area contributed by atoms with Gasteiger partial charge in [0.05, 0.1) is 10.2 Å². The molecule has 0 aliphatic heterocycles. The quantitative estimate of drug-likeness (QED) is 0.711. The molecule has 0 saturated heterocycles. The predicted octanol–water partition coefficient (Wildman–Crippen LogP) is 5.29. The zero-order chi connectivity index (χ0) is 16.6. The fourth-order valence-electron chi connectivity index (χ4n) is 2.54. The summed E-state index contributed by atoms with van der Waals surface area (Å²) in [6, 6.07) is 11.9. The Balaban J connectivity index is 1.90. The minimum absolute atomic E-state index is 0.113. The zero-order valence-electron chi connectivity index (χ0n) is 13.8. The van der Waals surface area contributed by atoms with E-state index in [4.69, 9.17) is 0 Å². The number of hydrogen-bond acceptors (Lipinski definition) is 3. The van der Waals surface area contributed by atoms with Gasteiger partial charge >= 0.3 is 0 Å². The van der Waals surface area contributed by atoms with Crippen LogP contribution in [0.2, 0.25) is 0 Å². The Labute approximate surface area is 140 Å². The van der Waals surface area contributed by atoms with Crippen LogP contribution in [0.3, 0.4) is 0 Å². The van der Waals surface area contributed by atoms with Gasteiger partial charge in [-0.1, -0.05) is 43.4 Å². The van der Waals surface area contributed by atoms with Gasteiger partial charge in [0.2, 0.25) is 0 Å². The molecule has 1 N–H and O–H groups in total. The lowest BCUT2D eigenvalue weighted by atomic mass is 10.0. The molecule has 2 aromatic carbocycles. The Hall–Kier alpha value is -2.20. The number of aryl methyl sites for hydroxylation is 2. The molecule has 4 heteroatoms. The predicted molar refractivity (Wildman–Crippen MR) is 97.6 cm³/mol. The van der Waals surface area contributed by atoms with Gasteiger partial charge in [-0.3, -0.25) is 10.1 Å². The molecular formula is C19H20N2OS. The first-order chi connectivity index (χ1) is 11.0. The molecule has 3 aromatic rings. The van der Waals surface area contributed by atoms with Crippen LogP contribution in [0.25, 0.3) is 10.2 Å². The number of rotatable bonds is 3. The lowest BCUT2D eigenvalue weighted by Crippen LogP contribution is -2.11. The summed E-state index contributed by atoms with van der Waals surface area (Å²) in [6.07, 6.45) is 0. The maximum Gasteiger partial charge on any atom is 0.257 e. The second-order valence-electron chi connectivity index (χ2n) is 6.12. The number of carbonyl (C=O) groups excluding carboxylic acids is 1. The molecule has 23 heavy (non-hydrogen) atoms. The fraction of sp³-hybridized carbons (Fsp3) is 0.263. The number of para-hydroxylation sites is 1. The molecule has 0 radical (unpaired) electrons. The molecule has 0 spiro atoms. The minimum atomic E-state index is -0.113. The Morgan fingerprint density at radius 1 is 1.13 bits per heavy atom. The highest BCUT2D eigenvalue weighted by Crippen LogP contribution is 2.31. The molecule has 0 unspecified atom stereocenters. The molecule has 0 aliphatic carbocycles. The topological polar surface area (TPSA) is 42.0 Å². The monoisotopic (exact) mass is 324 g/mol. The average molecular weight is 324 g/mol. The van der Waals surface area contributed by atoms with Crippen LogP contribution in [0.4, 0.5) is 5.13 Å². The van der Waals surface area contributed by atoms with Gasteiger partial charge in [0.1, 0.15) is 0 Å². The summed E-state index contributed by atoms with van der Waals surface area (Å²) in [5, 5.41) is 3.58. The summed E-state index contributed by atoms with van der Waals surface area (Å²) in [5.74, 6) is 0.294. The van der Waals surface area contributed by atoms with Gasteiger partial charge in [-0.15, -0.1) is 0 Å². The summed E-state index contributed by atoms with van der Waals surface area (Å²) < 4.78 is 1.10. The summed E-state index contributed by atoms with van der Waals surface area (Å²) in [6.45, 7) is 8.36. The second kappa shape index (κ2) is 6.13. The molecule has 0 fully saturated rings. The first-order valence-corrected chi connectivity index (χ1v) is 8.55. The van der Waals surface area contributed by atoms with E-state index in [0.29, 0.717) is 16.6 Å². The summed E-state index contributed by atoms with van der Waals surface area (Å²) in [5.41, 5.74) is 5.16. The summed E-state index contributed by atoms with van der Waals surface area (Å²) in [4.78, 5) is 17.1. The Morgan fingerprint density at radius 3 is 2.61 bits per heavy atom. The number of benzene rings is 2. The number of anilines is 1. The first kappa shape index (κ1) is 15.7. The summed E-state index contributed by atoms with van der Waals surface area (Å²) >= 11 is 1.52. The van der Waals surface area contributed by atoms with Gasteiger partial charge in [-0.25, -0.2) is 4.98 Å². The lowest BCUT2D eigenvalue weighted by molar-refractivity contribution is 0.102. The molecular weight excluding hydrogens is 304 g/mol. The van der Waals surface area contributed by atoms with E-state index in [9.17, 15) is 4.79 Å². The Morgan fingerprint density at radius 2 is 1.91 bits per heavy atom. The van der Waals surface area contributed by atoms with E-state index in [0.717, 1.165) is 15.8 Å². The molecule has 0 aliphatic rings. The Bertz CT molecular complexity index is 880. The second-order valence-corrected chi connectivity index (χ2v) is 7.15. The molecule has 0 atom stereocenters. The largest absolute Gasteiger partial charge is 0.298 e. The van der Waals surface area contributed by atoms with Crippen molar-refractivity contribution in [3.8, 4) is 0 Å². The van der Waals surface area contributed by atoms with Gasteiger partial charge in [0.15, 0.2) is 5.13 Å². The standard InChI is InChI=1S/C19H20N2OS/c1-11(2)15-6-5-7-16-17(15)20-19(23-16)21-18(22)14-9-8-12(3)13(4)10-14/h5-11H,1-4H3,(H,20,21,22). The van der Waals surface area contributed by atoms with Crippen molar-refractivity contribution in [1.82, 2.24) is 4.98 Å². The van der Waals surface area contributed by atoms with Crippen molar-refractivity contribution in [2.75, 3.05) is 5.32 Å². The van der Waals surface area contributed by atoms with Crippen LogP contribution in [0, 0.1) is 13.8 Å². The third-order valence-electron chi connectivity index (χ3n) is 4.06. The van der Waals surface area contributed by atoms with E-state index in [2.05, 4.69) is 30.2 Å². The number of hydrogen-bond donors (Lipinski definition) is 1. The number of nitrogens with zero attached hydrogens (tertiary/aromatic N) is 1. The highest BCUT2D eigenvalue weighted by molar-refractivity contribution is 7.22. The van der Waals surface area contributed by atoms with E-state index in [1.807, 2.05) is 44.2 Å². The van der Waals surface area contributed by atoms with Crippen molar-refractivity contribution in [2.24, 2.45) is 0 Å². The third-order valence-corrected chi connectivity index (χ3v) is 5.00. The number of nitrogens with one attached hydrogen (secondary N) is 1. The normalized spacial score (nSPS) is 11.2. The number of fused-ring (bicyclic) bond motifs is 1. The number of amides is 1. The van der Waals surface area contributed by atoms with Gasteiger partial charge < -0.3 is 0 Å². The van der Waals surface area contributed by atoms with Crippen LogP contribution in [-0.2, 0) is 0 Å². The van der Waals surface area contributed by atoms with Gasteiger partial charge in [-0.2, -0.15) is 0 Å². The lowest BCUT2D eigenvalue weighted by Gasteiger charge is -2.05. The van der Waals surface area contributed by atoms with Crippen molar-refractivity contribution < 1.29 is 4.79 Å². The highest BCUT2D eigenvalue weighted by atomic mass is 32.1. The molecule has 3 rings (SSSR count). The minimum Gasteiger partial charge on any atom is -0.298 e. The van der Waals surface area contributed by atoms with Crippen LogP contribution in [0.1, 0.15) is 46.8 Å². The van der Waals surface area contributed by atoms with E-state index in [-0.39, 0.29) is 5.91 Å². The number of aromatic nitrogens is 1.